The van der Waals surface area contributed by atoms with Gasteiger partial charge in [-0.1, -0.05) is 109 Å². The molecule has 34 heavy (non-hydrogen) atoms. The molecule has 0 atom stereocenters. The van der Waals surface area contributed by atoms with Gasteiger partial charge in [0, 0.05) is 16.3 Å². The Kier molecular flexibility index (Phi) is 4.13. The lowest BCUT2D eigenvalue weighted by molar-refractivity contribution is 0.670. The van der Waals surface area contributed by atoms with Crippen LogP contribution in [0.4, 0.5) is 0 Å². The van der Waals surface area contributed by atoms with Crippen molar-refractivity contribution in [1.82, 2.24) is 0 Å². The van der Waals surface area contributed by atoms with Crippen LogP contribution in [0.3, 0.4) is 0 Å². The van der Waals surface area contributed by atoms with Crippen molar-refractivity contribution < 1.29 is 4.42 Å². The third kappa shape index (κ3) is 2.87. The fraction of sp³-hybridized carbons (Fsp3) is 0.0303. The number of rotatable bonds is 2. The molecule has 6 aromatic carbocycles. The van der Waals surface area contributed by atoms with Crippen LogP contribution in [0.1, 0.15) is 5.56 Å². The molecule has 0 radical (unpaired) electrons. The van der Waals surface area contributed by atoms with Crippen LogP contribution in [0.15, 0.2) is 120 Å². The summed E-state index contributed by atoms with van der Waals surface area (Å²) in [6.45, 7) is 2.15. The molecule has 1 aromatic heterocycles. The zero-order chi connectivity index (χ0) is 22.6. The molecule has 0 bridgehead atoms. The smallest absolute Gasteiger partial charge is 0.143 e. The number of furan rings is 1. The summed E-state index contributed by atoms with van der Waals surface area (Å²) in [6, 6.07) is 41.3. The van der Waals surface area contributed by atoms with Crippen LogP contribution in [0.25, 0.3) is 65.7 Å². The molecular formula is C33H22O. The highest BCUT2D eigenvalue weighted by atomic mass is 16.3. The van der Waals surface area contributed by atoms with Gasteiger partial charge in [0.2, 0.25) is 0 Å². The van der Waals surface area contributed by atoms with Crippen LogP contribution in [-0.4, -0.2) is 0 Å². The molecule has 0 fully saturated rings. The zero-order valence-corrected chi connectivity index (χ0v) is 18.9. The summed E-state index contributed by atoms with van der Waals surface area (Å²) >= 11 is 0. The first-order chi connectivity index (χ1) is 16.8. The molecule has 0 N–H and O–H groups in total. The van der Waals surface area contributed by atoms with E-state index >= 15 is 0 Å². The second-order valence-electron chi connectivity index (χ2n) is 9.05. The Morgan fingerprint density at radius 3 is 1.97 bits per heavy atom. The first-order valence-corrected chi connectivity index (χ1v) is 11.7. The van der Waals surface area contributed by atoms with Gasteiger partial charge in [0.25, 0.3) is 0 Å². The quantitative estimate of drug-likeness (QED) is 0.247. The minimum absolute atomic E-state index is 0.930. The Labute approximate surface area is 197 Å². The molecule has 1 nitrogen and oxygen atoms in total. The van der Waals surface area contributed by atoms with Crippen molar-refractivity contribution in [2.24, 2.45) is 0 Å². The van der Waals surface area contributed by atoms with Gasteiger partial charge in [0.05, 0.1) is 0 Å². The summed E-state index contributed by atoms with van der Waals surface area (Å²) in [5.41, 5.74) is 7.93. The second kappa shape index (κ2) is 7.33. The van der Waals surface area contributed by atoms with E-state index < -0.39 is 0 Å². The van der Waals surface area contributed by atoms with Crippen molar-refractivity contribution in [2.75, 3.05) is 0 Å². The molecule has 0 aliphatic heterocycles. The average molecular weight is 435 g/mol. The maximum Gasteiger partial charge on any atom is 0.143 e. The van der Waals surface area contributed by atoms with Gasteiger partial charge in [-0.2, -0.15) is 0 Å². The fourth-order valence-corrected chi connectivity index (χ4v) is 5.28. The third-order valence-electron chi connectivity index (χ3n) is 6.93. The molecule has 160 valence electrons. The van der Waals surface area contributed by atoms with Crippen molar-refractivity contribution in [3.63, 3.8) is 0 Å². The van der Waals surface area contributed by atoms with Gasteiger partial charge >= 0.3 is 0 Å². The minimum Gasteiger partial charge on any atom is -0.455 e. The van der Waals surface area contributed by atoms with E-state index in [0.717, 1.165) is 33.1 Å². The third-order valence-corrected chi connectivity index (χ3v) is 6.93. The average Bonchev–Trinajstić information content (AvgIpc) is 3.27. The van der Waals surface area contributed by atoms with Crippen LogP contribution in [0, 0.1) is 6.92 Å². The summed E-state index contributed by atoms with van der Waals surface area (Å²) in [5.74, 6) is 0. The van der Waals surface area contributed by atoms with E-state index in [4.69, 9.17) is 4.42 Å². The molecule has 7 aromatic rings. The molecule has 1 heterocycles. The van der Waals surface area contributed by atoms with Gasteiger partial charge in [-0.15, -0.1) is 0 Å². The largest absolute Gasteiger partial charge is 0.455 e. The molecular weight excluding hydrogens is 412 g/mol. The lowest BCUT2D eigenvalue weighted by atomic mass is 9.92. The van der Waals surface area contributed by atoms with Crippen molar-refractivity contribution in [1.29, 1.82) is 0 Å². The summed E-state index contributed by atoms with van der Waals surface area (Å²) in [6.07, 6.45) is 0. The molecule has 0 spiro atoms. The van der Waals surface area contributed by atoms with E-state index in [1.165, 1.54) is 38.2 Å². The molecule has 0 amide bonds. The number of hydrogen-bond acceptors (Lipinski definition) is 1. The molecule has 7 rings (SSSR count). The van der Waals surface area contributed by atoms with Crippen LogP contribution in [0.5, 0.6) is 0 Å². The molecule has 0 unspecified atom stereocenters. The highest BCUT2D eigenvalue weighted by Crippen LogP contribution is 2.38. The van der Waals surface area contributed by atoms with E-state index in [1.807, 2.05) is 12.1 Å². The zero-order valence-electron chi connectivity index (χ0n) is 18.9. The maximum absolute atomic E-state index is 6.27. The fourth-order valence-electron chi connectivity index (χ4n) is 5.28. The van der Waals surface area contributed by atoms with Gasteiger partial charge in [-0.25, -0.2) is 0 Å². The van der Waals surface area contributed by atoms with Gasteiger partial charge in [-0.05, 0) is 57.3 Å². The molecule has 1 heteroatoms. The predicted molar refractivity (Wildman–Crippen MR) is 144 cm³/mol. The lowest BCUT2D eigenvalue weighted by Gasteiger charge is -2.12. The molecule has 0 aliphatic carbocycles. The first-order valence-electron chi connectivity index (χ1n) is 11.7. The Morgan fingerprint density at radius 2 is 1.15 bits per heavy atom. The van der Waals surface area contributed by atoms with Crippen molar-refractivity contribution in [3.05, 3.63) is 121 Å². The number of hydrogen-bond donors (Lipinski definition) is 0. The number of benzene rings is 6. The van der Waals surface area contributed by atoms with E-state index in [-0.39, 0.29) is 0 Å². The maximum atomic E-state index is 6.27. The van der Waals surface area contributed by atoms with Crippen LogP contribution >= 0.6 is 0 Å². The van der Waals surface area contributed by atoms with E-state index in [0.29, 0.717) is 0 Å². The Balaban J connectivity index is 1.40. The van der Waals surface area contributed by atoms with Gasteiger partial charge in [0.1, 0.15) is 11.2 Å². The predicted octanol–water partition coefficient (Wildman–Crippen LogP) is 9.53. The second-order valence-corrected chi connectivity index (χ2v) is 9.05. The SMILES string of the molecule is Cc1ccc2c(c1)cc(-c1ccc(-c3cccc4c3oc3ccccc34)cc1)c1ccccc12. The minimum atomic E-state index is 0.930. The van der Waals surface area contributed by atoms with Crippen LogP contribution in [0.2, 0.25) is 0 Å². The Hall–Kier alpha value is -4.36. The summed E-state index contributed by atoms with van der Waals surface area (Å²) < 4.78 is 6.27. The van der Waals surface area contributed by atoms with E-state index in [2.05, 4.69) is 110 Å². The molecule has 0 aliphatic rings. The Bertz CT molecular complexity index is 1850. The van der Waals surface area contributed by atoms with Crippen molar-refractivity contribution >= 4 is 43.5 Å². The van der Waals surface area contributed by atoms with Crippen LogP contribution in [-0.2, 0) is 0 Å². The van der Waals surface area contributed by atoms with Crippen molar-refractivity contribution in [2.45, 2.75) is 6.92 Å². The van der Waals surface area contributed by atoms with Crippen LogP contribution < -0.4 is 0 Å². The van der Waals surface area contributed by atoms with Gasteiger partial charge in [0.15, 0.2) is 0 Å². The molecule has 0 saturated heterocycles. The summed E-state index contributed by atoms with van der Waals surface area (Å²) in [5, 5.41) is 7.49. The van der Waals surface area contributed by atoms with E-state index in [1.54, 1.807) is 0 Å². The number of para-hydroxylation sites is 2. The summed E-state index contributed by atoms with van der Waals surface area (Å²) in [7, 11) is 0. The lowest BCUT2D eigenvalue weighted by Crippen LogP contribution is -1.86. The highest BCUT2D eigenvalue weighted by molar-refractivity contribution is 6.14. The first kappa shape index (κ1) is 19.1. The monoisotopic (exact) mass is 434 g/mol. The topological polar surface area (TPSA) is 13.1 Å². The Morgan fingerprint density at radius 1 is 0.471 bits per heavy atom. The summed E-state index contributed by atoms with van der Waals surface area (Å²) in [4.78, 5) is 0. The normalized spacial score (nSPS) is 11.7. The molecule has 0 saturated carbocycles. The highest BCUT2D eigenvalue weighted by Gasteiger charge is 2.13. The van der Waals surface area contributed by atoms with E-state index in [9.17, 15) is 0 Å². The van der Waals surface area contributed by atoms with Crippen molar-refractivity contribution in [3.8, 4) is 22.3 Å². The number of aryl methyl sites for hydroxylation is 1. The standard InChI is InChI=1S/C33H22O/c1-21-13-18-25-24(19-21)20-31(28-8-3-2-7-27(25)28)23-16-14-22(15-17-23)26-10-6-11-30-29-9-4-5-12-32(29)34-33(26)30/h2-20H,1H3. The van der Waals surface area contributed by atoms with Gasteiger partial charge in [-0.3, -0.25) is 0 Å². The van der Waals surface area contributed by atoms with Gasteiger partial charge < -0.3 is 4.42 Å². The number of fused-ring (bicyclic) bond motifs is 6.